The Kier molecular flexibility index (Phi) is 3.11. The Morgan fingerprint density at radius 2 is 1.89 bits per heavy atom. The first-order chi connectivity index (χ1) is 8.63. The molecule has 0 N–H and O–H groups in total. The van der Waals surface area contributed by atoms with Crippen LogP contribution in [0.2, 0.25) is 0 Å². The van der Waals surface area contributed by atoms with Gasteiger partial charge in [0, 0.05) is 19.4 Å². The van der Waals surface area contributed by atoms with Gasteiger partial charge >= 0.3 is 11.1 Å². The third-order valence-corrected chi connectivity index (χ3v) is 2.71. The molecular weight excluding hydrogens is 230 g/mol. The second-order valence-corrected chi connectivity index (χ2v) is 3.92. The monoisotopic (exact) mass is 241 g/mol. The van der Waals surface area contributed by atoms with Crippen LogP contribution < -0.4 is 11.1 Å². The molecule has 0 amide bonds. The molecule has 1 aromatic heterocycles. The second-order valence-electron chi connectivity index (χ2n) is 3.92. The van der Waals surface area contributed by atoms with Crippen molar-refractivity contribution in [2.24, 2.45) is 7.05 Å². The van der Waals surface area contributed by atoms with Crippen molar-refractivity contribution in [2.45, 2.75) is 6.54 Å². The summed E-state index contributed by atoms with van der Waals surface area (Å²) in [5, 5.41) is 8.96. The van der Waals surface area contributed by atoms with Crippen LogP contribution in [0.3, 0.4) is 0 Å². The molecule has 5 heteroatoms. The summed E-state index contributed by atoms with van der Waals surface area (Å²) in [5.74, 6) is 0. The molecule has 0 spiro atoms. The van der Waals surface area contributed by atoms with Gasteiger partial charge in [-0.3, -0.25) is 9.59 Å². The first kappa shape index (κ1) is 11.9. The maximum Gasteiger partial charge on any atom is 0.316 e. The van der Waals surface area contributed by atoms with Gasteiger partial charge in [-0.1, -0.05) is 18.2 Å². The van der Waals surface area contributed by atoms with Crippen LogP contribution in [0.15, 0.2) is 46.2 Å². The molecule has 0 unspecified atom stereocenters. The van der Waals surface area contributed by atoms with Gasteiger partial charge in [0.05, 0.1) is 18.2 Å². The number of nitriles is 1. The summed E-state index contributed by atoms with van der Waals surface area (Å²) in [7, 11) is 1.53. The summed E-state index contributed by atoms with van der Waals surface area (Å²) >= 11 is 0. The lowest BCUT2D eigenvalue weighted by atomic mass is 10.1. The van der Waals surface area contributed by atoms with Crippen LogP contribution in [0.4, 0.5) is 0 Å². The van der Waals surface area contributed by atoms with Crippen LogP contribution in [-0.2, 0) is 13.6 Å². The Morgan fingerprint density at radius 3 is 2.61 bits per heavy atom. The number of aromatic nitrogens is 2. The van der Waals surface area contributed by atoms with E-state index in [4.69, 9.17) is 5.26 Å². The van der Waals surface area contributed by atoms with Gasteiger partial charge < -0.3 is 9.13 Å². The molecule has 0 saturated carbocycles. The molecule has 1 heterocycles. The topological polar surface area (TPSA) is 67.8 Å². The van der Waals surface area contributed by atoms with E-state index in [-0.39, 0.29) is 6.54 Å². The Labute approximate surface area is 103 Å². The number of rotatable bonds is 2. The van der Waals surface area contributed by atoms with Crippen molar-refractivity contribution in [1.82, 2.24) is 9.13 Å². The van der Waals surface area contributed by atoms with Crippen LogP contribution in [0.1, 0.15) is 11.1 Å². The lowest BCUT2D eigenvalue weighted by Crippen LogP contribution is -2.39. The normalized spacial score (nSPS) is 10.0. The molecule has 0 saturated heterocycles. The molecular formula is C13H11N3O2. The zero-order chi connectivity index (χ0) is 13.1. The molecule has 2 rings (SSSR count). The summed E-state index contributed by atoms with van der Waals surface area (Å²) in [5.41, 5.74) is 0.0557. The molecule has 0 atom stereocenters. The molecule has 2 aromatic rings. The number of benzene rings is 1. The second kappa shape index (κ2) is 4.72. The van der Waals surface area contributed by atoms with Gasteiger partial charge in [0.15, 0.2) is 0 Å². The Hall–Kier alpha value is -2.61. The van der Waals surface area contributed by atoms with E-state index in [9.17, 15) is 9.59 Å². The highest BCUT2D eigenvalue weighted by Gasteiger charge is 2.05. The molecule has 18 heavy (non-hydrogen) atoms. The fourth-order valence-corrected chi connectivity index (χ4v) is 1.66. The summed E-state index contributed by atoms with van der Waals surface area (Å²) in [4.78, 5) is 23.2. The number of aryl methyl sites for hydroxylation is 1. The van der Waals surface area contributed by atoms with Gasteiger partial charge in [-0.25, -0.2) is 0 Å². The molecule has 0 aliphatic heterocycles. The third kappa shape index (κ3) is 2.09. The van der Waals surface area contributed by atoms with Crippen LogP contribution in [0, 0.1) is 11.3 Å². The van der Waals surface area contributed by atoms with Crippen molar-refractivity contribution < 1.29 is 0 Å². The van der Waals surface area contributed by atoms with E-state index >= 15 is 0 Å². The largest absolute Gasteiger partial charge is 0.316 e. The van der Waals surface area contributed by atoms with E-state index in [0.717, 1.165) is 5.56 Å². The van der Waals surface area contributed by atoms with Gasteiger partial charge in [-0.2, -0.15) is 5.26 Å². The zero-order valence-corrected chi connectivity index (χ0v) is 9.83. The third-order valence-electron chi connectivity index (χ3n) is 2.71. The quantitative estimate of drug-likeness (QED) is 0.717. The first-order valence-corrected chi connectivity index (χ1v) is 5.37. The summed E-state index contributed by atoms with van der Waals surface area (Å²) in [6.07, 6.45) is 3.07. The summed E-state index contributed by atoms with van der Waals surface area (Å²) in [6, 6.07) is 9.06. The molecule has 0 aliphatic rings. The van der Waals surface area contributed by atoms with Crippen molar-refractivity contribution in [3.8, 4) is 6.07 Å². The van der Waals surface area contributed by atoms with Gasteiger partial charge in [0.1, 0.15) is 0 Å². The highest BCUT2D eigenvalue weighted by Crippen LogP contribution is 2.07. The van der Waals surface area contributed by atoms with Gasteiger partial charge in [-0.05, 0) is 11.6 Å². The predicted molar refractivity (Wildman–Crippen MR) is 66.2 cm³/mol. The maximum absolute atomic E-state index is 11.7. The summed E-state index contributed by atoms with van der Waals surface area (Å²) in [6.45, 7) is 0.221. The lowest BCUT2D eigenvalue weighted by Gasteiger charge is -2.07. The molecule has 0 fully saturated rings. The number of hydrogen-bond donors (Lipinski definition) is 0. The first-order valence-electron chi connectivity index (χ1n) is 5.37. The maximum atomic E-state index is 11.7. The molecule has 5 nitrogen and oxygen atoms in total. The Bertz CT molecular complexity index is 735. The molecule has 0 bridgehead atoms. The molecule has 1 aromatic carbocycles. The SMILES string of the molecule is Cn1ccn(Cc2ccccc2C#N)c(=O)c1=O. The van der Waals surface area contributed by atoms with E-state index in [0.29, 0.717) is 5.56 Å². The standard InChI is InChI=1S/C13H11N3O2/c1-15-6-7-16(13(18)12(15)17)9-11-5-3-2-4-10(11)8-14/h2-7H,9H2,1H3. The minimum atomic E-state index is -0.590. The predicted octanol–water partition coefficient (Wildman–Crippen LogP) is 0.467. The lowest BCUT2D eigenvalue weighted by molar-refractivity contribution is 0.694. The van der Waals surface area contributed by atoms with Crippen LogP contribution >= 0.6 is 0 Å². The van der Waals surface area contributed by atoms with Crippen LogP contribution in [0.25, 0.3) is 0 Å². The van der Waals surface area contributed by atoms with Crippen molar-refractivity contribution >= 4 is 0 Å². The smallest absolute Gasteiger partial charge is 0.312 e. The van der Waals surface area contributed by atoms with E-state index < -0.39 is 11.1 Å². The van der Waals surface area contributed by atoms with Gasteiger partial charge in [-0.15, -0.1) is 0 Å². The zero-order valence-electron chi connectivity index (χ0n) is 9.83. The highest BCUT2D eigenvalue weighted by molar-refractivity contribution is 5.37. The van der Waals surface area contributed by atoms with Crippen molar-refractivity contribution in [1.29, 1.82) is 5.26 Å². The number of nitrogens with zero attached hydrogens (tertiary/aromatic N) is 3. The average molecular weight is 241 g/mol. The van der Waals surface area contributed by atoms with Crippen LogP contribution in [-0.4, -0.2) is 9.13 Å². The van der Waals surface area contributed by atoms with Gasteiger partial charge in [0.25, 0.3) is 0 Å². The average Bonchev–Trinajstić information content (AvgIpc) is 2.40. The fourth-order valence-electron chi connectivity index (χ4n) is 1.66. The van der Waals surface area contributed by atoms with Crippen molar-refractivity contribution in [2.75, 3.05) is 0 Å². The minimum Gasteiger partial charge on any atom is -0.312 e. The fraction of sp³-hybridized carbons (Fsp3) is 0.154. The Balaban J connectivity index is 2.48. The molecule has 90 valence electrons. The minimum absolute atomic E-state index is 0.221. The van der Waals surface area contributed by atoms with Gasteiger partial charge in [0.2, 0.25) is 0 Å². The highest BCUT2D eigenvalue weighted by atomic mass is 16.2. The van der Waals surface area contributed by atoms with Crippen LogP contribution in [0.5, 0.6) is 0 Å². The molecule has 0 radical (unpaired) electrons. The number of hydrogen-bond acceptors (Lipinski definition) is 3. The van der Waals surface area contributed by atoms with E-state index in [1.807, 2.05) is 0 Å². The van der Waals surface area contributed by atoms with E-state index in [2.05, 4.69) is 6.07 Å². The summed E-state index contributed by atoms with van der Waals surface area (Å²) < 4.78 is 2.54. The molecule has 0 aliphatic carbocycles. The van der Waals surface area contributed by atoms with E-state index in [1.54, 1.807) is 24.3 Å². The van der Waals surface area contributed by atoms with Crippen molar-refractivity contribution in [3.05, 3.63) is 68.5 Å². The van der Waals surface area contributed by atoms with E-state index in [1.165, 1.54) is 28.6 Å². The van der Waals surface area contributed by atoms with Crippen molar-refractivity contribution in [3.63, 3.8) is 0 Å². The Morgan fingerprint density at radius 1 is 1.17 bits per heavy atom.